The van der Waals surface area contributed by atoms with Gasteiger partial charge >= 0.3 is 0 Å². The Morgan fingerprint density at radius 2 is 1.50 bits per heavy atom. The molecular formula is C15H21ClN2O4. The summed E-state index contributed by atoms with van der Waals surface area (Å²) in [6, 6.07) is 8.61. The Morgan fingerprint density at radius 3 is 1.95 bits per heavy atom. The normalized spacial score (nSPS) is 14.7. The van der Waals surface area contributed by atoms with Crippen LogP contribution in [-0.2, 0) is 0 Å². The van der Waals surface area contributed by atoms with Crippen LogP contribution in [0.2, 0.25) is 0 Å². The largest absolute Gasteiger partial charge is 0.378 e. The van der Waals surface area contributed by atoms with Crippen molar-refractivity contribution in [1.82, 2.24) is 0 Å². The molecule has 6 nitrogen and oxygen atoms in total. The van der Waals surface area contributed by atoms with Crippen LogP contribution in [0, 0.1) is 10.2 Å². The quantitative estimate of drug-likeness (QED) is 0.591. The molecule has 22 heavy (non-hydrogen) atoms. The first-order chi connectivity index (χ1) is 10.3. The second-order valence-corrected chi connectivity index (χ2v) is 5.87. The van der Waals surface area contributed by atoms with Gasteiger partial charge in [0.1, 0.15) is 13.1 Å². The minimum absolute atomic E-state index is 1.21. The van der Waals surface area contributed by atoms with Crippen molar-refractivity contribution < 1.29 is 33.5 Å². The summed E-state index contributed by atoms with van der Waals surface area (Å²) in [6.45, 7) is 2.42. The van der Waals surface area contributed by atoms with Gasteiger partial charge in [-0.3, -0.25) is 0 Å². The molecule has 7 heteroatoms. The van der Waals surface area contributed by atoms with Crippen molar-refractivity contribution >= 4 is 18.0 Å². The van der Waals surface area contributed by atoms with E-state index in [1.807, 2.05) is 0 Å². The number of hydrogen-bond acceptors (Lipinski definition) is 5. The van der Waals surface area contributed by atoms with E-state index in [4.69, 9.17) is 18.6 Å². The third-order valence-electron chi connectivity index (χ3n) is 3.14. The van der Waals surface area contributed by atoms with Crippen LogP contribution >= 0.6 is 0 Å². The van der Waals surface area contributed by atoms with Gasteiger partial charge in [-0.15, -0.1) is 10.2 Å². The molecule has 0 bridgehead atoms. The lowest BCUT2D eigenvalue weighted by molar-refractivity contribution is -2.00. The highest BCUT2D eigenvalue weighted by Crippen LogP contribution is 2.12. The summed E-state index contributed by atoms with van der Waals surface area (Å²) < 4.78 is 36.4. The second kappa shape index (κ2) is 8.87. The summed E-state index contributed by atoms with van der Waals surface area (Å²) >= 11 is 0. The van der Waals surface area contributed by atoms with E-state index < -0.39 is 10.2 Å². The Kier molecular flexibility index (Phi) is 7.50. The van der Waals surface area contributed by atoms with Crippen molar-refractivity contribution in [3.8, 4) is 0 Å². The molecule has 0 amide bonds. The molecule has 1 aliphatic heterocycles. The third-order valence-corrected chi connectivity index (χ3v) is 3.14. The van der Waals surface area contributed by atoms with Crippen molar-refractivity contribution in [2.75, 3.05) is 32.1 Å². The molecule has 0 aromatic heterocycles. The lowest BCUT2D eigenvalue weighted by Crippen LogP contribution is -2.68. The van der Waals surface area contributed by atoms with Gasteiger partial charge in [-0.05, 0) is 23.8 Å². The van der Waals surface area contributed by atoms with E-state index in [0.717, 1.165) is 0 Å². The first-order valence-corrected chi connectivity index (χ1v) is 8.14. The predicted molar refractivity (Wildman–Crippen MR) is 75.1 cm³/mol. The highest BCUT2D eigenvalue weighted by molar-refractivity contribution is 5.75. The summed E-state index contributed by atoms with van der Waals surface area (Å²) in [7, 11) is -0.821. The Hall–Kier alpha value is -1.44. The van der Waals surface area contributed by atoms with Gasteiger partial charge < -0.3 is 4.90 Å². The lowest BCUT2D eigenvalue weighted by atomic mass is 10.2. The van der Waals surface area contributed by atoms with Gasteiger partial charge in [-0.25, -0.2) is 23.2 Å². The predicted octanol–water partition coefficient (Wildman–Crippen LogP) is -2.11. The summed E-state index contributed by atoms with van der Waals surface area (Å²) in [4.78, 5) is 2.11. The molecule has 0 aliphatic carbocycles. The van der Waals surface area contributed by atoms with Gasteiger partial charge in [-0.1, -0.05) is 12.1 Å². The monoisotopic (exact) mass is 328 g/mol. The zero-order chi connectivity index (χ0) is 16.6. The first-order valence-electron chi connectivity index (χ1n) is 6.90. The highest BCUT2D eigenvalue weighted by atomic mass is 35.7. The van der Waals surface area contributed by atoms with Crippen LogP contribution in [-0.4, -0.2) is 38.0 Å². The van der Waals surface area contributed by atoms with Crippen LogP contribution in [0.5, 0.6) is 0 Å². The van der Waals surface area contributed by atoms with Crippen molar-refractivity contribution in [2.24, 2.45) is 0 Å². The van der Waals surface area contributed by atoms with Gasteiger partial charge in [0.15, 0.2) is 6.21 Å². The molecule has 0 spiro atoms. The smallest absolute Gasteiger partial charge is 0.163 e. The van der Waals surface area contributed by atoms with E-state index in [0.29, 0.717) is 0 Å². The molecular weight excluding hydrogens is 308 g/mol. The molecule has 0 saturated carbocycles. The first kappa shape index (κ1) is 18.6. The standard InChI is InChI=1S/C15H21N2.ClHO4/c1-16(2)15-9-7-14(8-10-15)6-5-13-17-11-3-4-12-17;2-1(3,4)5/h5-10,13H,3-4,11-12H2,1-2H3;(H,2,3,4,5)/q+1;/p-1. The zero-order valence-corrected chi connectivity index (χ0v) is 13.5. The van der Waals surface area contributed by atoms with Gasteiger partial charge in [0, 0.05) is 38.7 Å². The zero-order valence-electron chi connectivity index (χ0n) is 12.8. The summed E-state index contributed by atoms with van der Waals surface area (Å²) in [6.07, 6.45) is 9.18. The second-order valence-electron chi connectivity index (χ2n) is 5.12. The molecule has 0 atom stereocenters. The van der Waals surface area contributed by atoms with Gasteiger partial charge in [0.05, 0.1) is 0 Å². The minimum atomic E-state index is -4.94. The van der Waals surface area contributed by atoms with Gasteiger partial charge in [-0.2, -0.15) is 0 Å². The van der Waals surface area contributed by atoms with Crippen LogP contribution in [0.4, 0.5) is 5.69 Å². The molecule has 2 rings (SSSR count). The van der Waals surface area contributed by atoms with E-state index in [1.54, 1.807) is 0 Å². The van der Waals surface area contributed by atoms with Gasteiger partial charge in [0.2, 0.25) is 0 Å². The van der Waals surface area contributed by atoms with Gasteiger partial charge in [0.25, 0.3) is 0 Å². The molecule has 0 radical (unpaired) electrons. The number of halogens is 1. The molecule has 1 saturated heterocycles. The Balaban J connectivity index is 0.000000422. The summed E-state index contributed by atoms with van der Waals surface area (Å²) in [5.41, 5.74) is 2.50. The van der Waals surface area contributed by atoms with E-state index in [-0.39, 0.29) is 0 Å². The molecule has 1 aromatic carbocycles. The maximum Gasteiger partial charge on any atom is 0.163 e. The molecule has 1 heterocycles. The molecule has 1 aliphatic rings. The van der Waals surface area contributed by atoms with Crippen LogP contribution in [0.3, 0.4) is 0 Å². The number of hydrogen-bond donors (Lipinski definition) is 0. The third kappa shape index (κ3) is 8.76. The Bertz CT molecular complexity index is 493. The average molecular weight is 329 g/mol. The summed E-state index contributed by atoms with van der Waals surface area (Å²) in [5.74, 6) is 0. The molecule has 122 valence electrons. The summed E-state index contributed by atoms with van der Waals surface area (Å²) in [5, 5.41) is 0. The fraction of sp³-hybridized carbons (Fsp3) is 0.400. The van der Waals surface area contributed by atoms with Crippen molar-refractivity contribution in [2.45, 2.75) is 12.8 Å². The van der Waals surface area contributed by atoms with Crippen molar-refractivity contribution in [3.05, 3.63) is 35.9 Å². The number of nitrogens with zero attached hydrogens (tertiary/aromatic N) is 2. The van der Waals surface area contributed by atoms with E-state index in [9.17, 15) is 0 Å². The van der Waals surface area contributed by atoms with Crippen molar-refractivity contribution in [1.29, 1.82) is 0 Å². The molecule has 0 unspecified atom stereocenters. The number of anilines is 1. The lowest BCUT2D eigenvalue weighted by Gasteiger charge is -2.17. The Labute approximate surface area is 133 Å². The Morgan fingerprint density at radius 1 is 1.00 bits per heavy atom. The fourth-order valence-electron chi connectivity index (χ4n) is 2.05. The molecule has 1 aromatic rings. The molecule has 0 N–H and O–H groups in total. The van der Waals surface area contributed by atoms with Crippen LogP contribution in [0.25, 0.3) is 6.08 Å². The highest BCUT2D eigenvalue weighted by Gasteiger charge is 2.10. The topological polar surface area (TPSA) is 98.5 Å². The van der Waals surface area contributed by atoms with Crippen LogP contribution < -0.4 is 23.5 Å². The maximum atomic E-state index is 8.49. The number of allylic oxidation sites excluding steroid dienone is 1. The van der Waals surface area contributed by atoms with Crippen molar-refractivity contribution in [3.63, 3.8) is 0 Å². The minimum Gasteiger partial charge on any atom is -0.378 e. The molecule has 1 fully saturated rings. The van der Waals surface area contributed by atoms with E-state index in [2.05, 4.69) is 66.2 Å². The van der Waals surface area contributed by atoms with Crippen LogP contribution in [0.15, 0.2) is 30.3 Å². The fourth-order valence-corrected chi connectivity index (χ4v) is 2.05. The number of rotatable bonds is 3. The SMILES string of the molecule is CN(C)c1ccc(/C=C/C=[N+]2CCCC2)cc1.[O-][Cl+3]([O-])([O-])[O-]. The maximum absolute atomic E-state index is 8.49. The average Bonchev–Trinajstić information content (AvgIpc) is 2.90. The van der Waals surface area contributed by atoms with E-state index in [1.165, 1.54) is 37.2 Å². The number of benzene rings is 1. The van der Waals surface area contributed by atoms with E-state index >= 15 is 0 Å². The van der Waals surface area contributed by atoms with Crippen LogP contribution in [0.1, 0.15) is 18.4 Å².